The normalized spacial score (nSPS) is 14.4. The van der Waals surface area contributed by atoms with Gasteiger partial charge in [0.2, 0.25) is 0 Å². The molecule has 0 bridgehead atoms. The number of hydrogen-bond acceptors (Lipinski definition) is 4. The van der Waals surface area contributed by atoms with Crippen LogP contribution in [0.2, 0.25) is 0 Å². The minimum atomic E-state index is -0.668. The molecule has 3 aromatic rings. The number of amides is 1. The van der Waals surface area contributed by atoms with E-state index in [4.69, 9.17) is 0 Å². The number of carbonyl (C=O) groups is 2. The number of hydrogen-bond donors (Lipinski definition) is 1. The number of nitrogens with one attached hydrogen (secondary N) is 1. The molecule has 2 aromatic heterocycles. The van der Waals surface area contributed by atoms with Crippen LogP contribution in [0.4, 0.5) is 5.82 Å². The Bertz CT molecular complexity index is 1010. The fourth-order valence-electron chi connectivity index (χ4n) is 3.93. The molecule has 2 heterocycles. The maximum Gasteiger partial charge on any atom is 0.298 e. The van der Waals surface area contributed by atoms with Crippen molar-refractivity contribution >= 4 is 17.5 Å². The molecule has 0 radical (unpaired) electrons. The van der Waals surface area contributed by atoms with Crippen molar-refractivity contribution in [1.29, 1.82) is 0 Å². The summed E-state index contributed by atoms with van der Waals surface area (Å²) in [6, 6.07) is 11.6. The van der Waals surface area contributed by atoms with E-state index in [-0.39, 0.29) is 6.04 Å². The summed E-state index contributed by atoms with van der Waals surface area (Å²) >= 11 is 0. The van der Waals surface area contributed by atoms with Crippen molar-refractivity contribution < 1.29 is 9.59 Å². The van der Waals surface area contributed by atoms with Gasteiger partial charge in [0, 0.05) is 6.07 Å². The topological polar surface area (TPSA) is 81.8 Å². The largest absolute Gasteiger partial charge is 0.304 e. The molecule has 7 heteroatoms. The maximum atomic E-state index is 12.9. The summed E-state index contributed by atoms with van der Waals surface area (Å²) in [6.45, 7) is 3.55. The predicted octanol–water partition coefficient (Wildman–Crippen LogP) is 3.62. The lowest BCUT2D eigenvalue weighted by Crippen LogP contribution is -2.26. The van der Waals surface area contributed by atoms with Gasteiger partial charge in [-0.3, -0.25) is 9.59 Å². The van der Waals surface area contributed by atoms with Crippen LogP contribution < -0.4 is 5.32 Å². The fourth-order valence-corrected chi connectivity index (χ4v) is 3.93. The van der Waals surface area contributed by atoms with E-state index in [0.29, 0.717) is 22.8 Å². The van der Waals surface area contributed by atoms with Gasteiger partial charge >= 0.3 is 0 Å². The van der Waals surface area contributed by atoms with Gasteiger partial charge in [-0.1, -0.05) is 31.0 Å². The van der Waals surface area contributed by atoms with Gasteiger partial charge in [0.25, 0.3) is 11.7 Å². The molecule has 1 fully saturated rings. The van der Waals surface area contributed by atoms with Crippen LogP contribution in [0, 0.1) is 13.8 Å². The van der Waals surface area contributed by atoms with Crippen LogP contribution in [0.5, 0.6) is 0 Å². The first-order valence-corrected chi connectivity index (χ1v) is 9.57. The van der Waals surface area contributed by atoms with Crippen molar-refractivity contribution in [3.8, 4) is 5.69 Å². The van der Waals surface area contributed by atoms with E-state index in [9.17, 15) is 9.59 Å². The van der Waals surface area contributed by atoms with Crippen molar-refractivity contribution in [3.05, 3.63) is 59.5 Å². The van der Waals surface area contributed by atoms with Gasteiger partial charge in [-0.15, -0.1) is 0 Å². The first-order valence-electron chi connectivity index (χ1n) is 9.57. The van der Waals surface area contributed by atoms with E-state index in [2.05, 4.69) is 15.5 Å². The first-order chi connectivity index (χ1) is 13.6. The van der Waals surface area contributed by atoms with Crippen molar-refractivity contribution in [2.24, 2.45) is 0 Å². The average molecular weight is 377 g/mol. The van der Waals surface area contributed by atoms with E-state index in [0.717, 1.165) is 31.4 Å². The number of anilines is 1. The second kappa shape index (κ2) is 7.42. The zero-order valence-electron chi connectivity index (χ0n) is 16.1. The highest BCUT2D eigenvalue weighted by Gasteiger charge is 2.27. The number of aryl methyl sites for hydroxylation is 1. The number of Topliss-reactive ketones (excluding diaryl/α,β-unsaturated/α-hetero) is 1. The van der Waals surface area contributed by atoms with Gasteiger partial charge in [0.05, 0.1) is 34.9 Å². The molecule has 7 nitrogen and oxygen atoms in total. The van der Waals surface area contributed by atoms with Gasteiger partial charge in [0.15, 0.2) is 0 Å². The Morgan fingerprint density at radius 2 is 1.79 bits per heavy atom. The minimum absolute atomic E-state index is 0.282. The Morgan fingerprint density at radius 3 is 2.50 bits per heavy atom. The molecule has 1 aliphatic carbocycles. The molecule has 144 valence electrons. The lowest BCUT2D eigenvalue weighted by atomic mass is 10.1. The monoisotopic (exact) mass is 377 g/mol. The number of rotatable bonds is 5. The van der Waals surface area contributed by atoms with Gasteiger partial charge in [-0.2, -0.15) is 10.2 Å². The predicted molar refractivity (Wildman–Crippen MR) is 106 cm³/mol. The molecular weight excluding hydrogens is 354 g/mol. The highest BCUT2D eigenvalue weighted by molar-refractivity contribution is 6.47. The third-order valence-electron chi connectivity index (χ3n) is 5.31. The molecule has 28 heavy (non-hydrogen) atoms. The molecule has 1 aliphatic rings. The SMILES string of the molecule is Cc1nn(-c2ccccc2)c(C)c1C(=O)C(=O)Nc1ccnn1C1CCCC1. The Morgan fingerprint density at radius 1 is 1.07 bits per heavy atom. The molecule has 1 saturated carbocycles. The van der Waals surface area contributed by atoms with Crippen molar-refractivity contribution in [3.63, 3.8) is 0 Å². The van der Waals surface area contributed by atoms with Crippen LogP contribution in [0.1, 0.15) is 53.5 Å². The molecule has 0 spiro atoms. The van der Waals surface area contributed by atoms with Gasteiger partial charge < -0.3 is 5.32 Å². The number of ketones is 1. The smallest absolute Gasteiger partial charge is 0.298 e. The van der Waals surface area contributed by atoms with Crippen LogP contribution in [-0.4, -0.2) is 31.3 Å². The number of carbonyl (C=O) groups excluding carboxylic acids is 2. The maximum absolute atomic E-state index is 12.9. The van der Waals surface area contributed by atoms with Crippen LogP contribution >= 0.6 is 0 Å². The molecule has 0 aliphatic heterocycles. The summed E-state index contributed by atoms with van der Waals surface area (Å²) in [7, 11) is 0. The van der Waals surface area contributed by atoms with E-state index >= 15 is 0 Å². The molecule has 1 amide bonds. The van der Waals surface area contributed by atoms with Gasteiger partial charge in [0.1, 0.15) is 5.82 Å². The minimum Gasteiger partial charge on any atom is -0.304 e. The van der Waals surface area contributed by atoms with Crippen LogP contribution in [0.25, 0.3) is 5.69 Å². The van der Waals surface area contributed by atoms with Crippen LogP contribution in [-0.2, 0) is 4.79 Å². The molecule has 0 unspecified atom stereocenters. The summed E-state index contributed by atoms with van der Waals surface area (Å²) in [6.07, 6.45) is 6.06. The molecule has 0 atom stereocenters. The highest BCUT2D eigenvalue weighted by atomic mass is 16.2. The Hall–Kier alpha value is -3.22. The zero-order chi connectivity index (χ0) is 19.7. The van der Waals surface area contributed by atoms with Crippen molar-refractivity contribution in [2.45, 2.75) is 45.6 Å². The second-order valence-corrected chi connectivity index (χ2v) is 7.18. The lowest BCUT2D eigenvalue weighted by molar-refractivity contribution is -0.112. The van der Waals surface area contributed by atoms with E-state index in [1.807, 2.05) is 35.0 Å². The number of para-hydroxylation sites is 1. The quantitative estimate of drug-likeness (QED) is 0.544. The summed E-state index contributed by atoms with van der Waals surface area (Å²) < 4.78 is 3.52. The fraction of sp³-hybridized carbons (Fsp3) is 0.333. The second-order valence-electron chi connectivity index (χ2n) is 7.18. The van der Waals surface area contributed by atoms with E-state index in [1.54, 1.807) is 30.8 Å². The number of aromatic nitrogens is 4. The third kappa shape index (κ3) is 3.24. The van der Waals surface area contributed by atoms with Gasteiger partial charge in [-0.25, -0.2) is 9.36 Å². The highest BCUT2D eigenvalue weighted by Crippen LogP contribution is 2.31. The Labute approximate surface area is 163 Å². The molecular formula is C21H23N5O2. The number of benzene rings is 1. The van der Waals surface area contributed by atoms with Gasteiger partial charge in [-0.05, 0) is 38.8 Å². The summed E-state index contributed by atoms with van der Waals surface area (Å²) in [5.41, 5.74) is 2.37. The average Bonchev–Trinajstić information content (AvgIpc) is 3.42. The Kier molecular flexibility index (Phi) is 4.81. The molecule has 1 N–H and O–H groups in total. The van der Waals surface area contributed by atoms with Crippen molar-refractivity contribution in [2.75, 3.05) is 5.32 Å². The number of nitrogens with zero attached hydrogens (tertiary/aromatic N) is 4. The summed E-state index contributed by atoms with van der Waals surface area (Å²) in [5, 5.41) is 11.5. The third-order valence-corrected chi connectivity index (χ3v) is 5.31. The van der Waals surface area contributed by atoms with Crippen LogP contribution in [0.15, 0.2) is 42.6 Å². The summed E-state index contributed by atoms with van der Waals surface area (Å²) in [4.78, 5) is 25.6. The Balaban J connectivity index is 1.58. The molecule has 0 saturated heterocycles. The van der Waals surface area contributed by atoms with E-state index < -0.39 is 11.7 Å². The first kappa shape index (κ1) is 18.2. The summed E-state index contributed by atoms with van der Waals surface area (Å²) in [5.74, 6) is -0.689. The molecule has 4 rings (SSSR count). The van der Waals surface area contributed by atoms with Crippen LogP contribution in [0.3, 0.4) is 0 Å². The lowest BCUT2D eigenvalue weighted by Gasteiger charge is -2.14. The standard InChI is InChI=1S/C21H23N5O2/c1-14-19(15(2)25(24-14)16-8-4-3-5-9-16)20(27)21(28)23-18-12-13-22-26(18)17-10-6-7-11-17/h3-5,8-9,12-13,17H,6-7,10-11H2,1-2H3,(H,23,28). The van der Waals surface area contributed by atoms with E-state index in [1.165, 1.54) is 0 Å². The zero-order valence-corrected chi connectivity index (χ0v) is 16.1. The van der Waals surface area contributed by atoms with Crippen molar-refractivity contribution in [1.82, 2.24) is 19.6 Å². The molecule has 1 aromatic carbocycles.